The van der Waals surface area contributed by atoms with Crippen LogP contribution in [0.3, 0.4) is 0 Å². The third-order valence-corrected chi connectivity index (χ3v) is 7.99. The van der Waals surface area contributed by atoms with Crippen LogP contribution in [0.4, 0.5) is 5.69 Å². The number of carbonyl (C=O) groups is 1. The molecule has 3 aliphatic rings. The Morgan fingerprint density at radius 1 is 1.24 bits per heavy atom. The average molecular weight is 490 g/mol. The van der Waals surface area contributed by atoms with E-state index in [4.69, 9.17) is 21.3 Å². The predicted molar refractivity (Wildman–Crippen MR) is 137 cm³/mol. The molecule has 2 aliphatic heterocycles. The van der Waals surface area contributed by atoms with Crippen LogP contribution in [0, 0.1) is 0 Å². The second kappa shape index (κ2) is 10.7. The van der Waals surface area contributed by atoms with Crippen molar-refractivity contribution in [3.05, 3.63) is 28.9 Å². The number of aromatic amines is 1. The number of benzene rings is 1. The fraction of sp³-hybridized carbons (Fsp3) is 0.583. The number of morpholine rings is 1. The lowest BCUT2D eigenvalue weighted by atomic mass is 10.2. The fourth-order valence-electron chi connectivity index (χ4n) is 4.86. The second-order valence-electron chi connectivity index (χ2n) is 9.13. The molecule has 1 aliphatic carbocycles. The van der Waals surface area contributed by atoms with Crippen LogP contribution >= 0.6 is 23.4 Å². The number of carbonyl (C=O) groups excluding carboxylic acids is 1. The van der Waals surface area contributed by atoms with Crippen LogP contribution in [0.15, 0.2) is 23.2 Å². The van der Waals surface area contributed by atoms with E-state index in [9.17, 15) is 4.79 Å². The Balaban J connectivity index is 1.19. The van der Waals surface area contributed by atoms with Gasteiger partial charge in [0.15, 0.2) is 0 Å². The maximum absolute atomic E-state index is 12.4. The molecule has 0 unspecified atom stereocenters. The third kappa shape index (κ3) is 5.85. The minimum absolute atomic E-state index is 0.0134. The third-order valence-electron chi connectivity index (χ3n) is 6.63. The zero-order chi connectivity index (χ0) is 22.6. The smallest absolute Gasteiger partial charge is 0.222 e. The number of rotatable bonds is 8. The van der Waals surface area contributed by atoms with Gasteiger partial charge in [-0.15, -0.1) is 11.8 Å². The van der Waals surface area contributed by atoms with Gasteiger partial charge in [0.25, 0.3) is 0 Å². The van der Waals surface area contributed by atoms with Crippen molar-refractivity contribution in [1.29, 1.82) is 0 Å². The molecule has 1 saturated heterocycles. The highest BCUT2D eigenvalue weighted by Gasteiger charge is 2.24. The molecule has 1 atom stereocenters. The van der Waals surface area contributed by atoms with Gasteiger partial charge in [-0.25, -0.2) is 0 Å². The molecule has 33 heavy (non-hydrogen) atoms. The topological polar surface area (TPSA) is 81.8 Å². The van der Waals surface area contributed by atoms with Crippen LogP contribution in [0.25, 0.3) is 10.9 Å². The molecule has 5 rings (SSSR count). The molecule has 3 heterocycles. The number of nitrogens with zero attached hydrogens (tertiary/aromatic N) is 2. The lowest BCUT2D eigenvalue weighted by molar-refractivity contribution is -0.121. The number of halogens is 1. The lowest BCUT2D eigenvalue weighted by Gasteiger charge is -2.26. The zero-order valence-electron chi connectivity index (χ0n) is 18.9. The highest BCUT2D eigenvalue weighted by Crippen LogP contribution is 2.33. The van der Waals surface area contributed by atoms with Crippen LogP contribution in [0.5, 0.6) is 0 Å². The number of aliphatic imine (C=N–C) groups is 1. The molecule has 0 radical (unpaired) electrons. The number of ether oxygens (including phenoxy) is 1. The van der Waals surface area contributed by atoms with E-state index in [0.29, 0.717) is 19.0 Å². The normalized spacial score (nSPS) is 22.1. The Labute approximate surface area is 204 Å². The molecular formula is C24H32ClN5O2S. The van der Waals surface area contributed by atoms with Gasteiger partial charge in [-0.1, -0.05) is 24.4 Å². The summed E-state index contributed by atoms with van der Waals surface area (Å²) in [5.41, 5.74) is 3.14. The van der Waals surface area contributed by atoms with Gasteiger partial charge in [-0.3, -0.25) is 14.7 Å². The van der Waals surface area contributed by atoms with Crippen LogP contribution in [-0.4, -0.2) is 78.1 Å². The summed E-state index contributed by atoms with van der Waals surface area (Å²) in [4.78, 5) is 23.1. The van der Waals surface area contributed by atoms with Crippen molar-refractivity contribution in [1.82, 2.24) is 15.2 Å². The molecule has 1 saturated carbocycles. The number of thioether (sulfide) groups is 1. The number of aromatic nitrogens is 1. The second-order valence-corrected chi connectivity index (χ2v) is 10.6. The quantitative estimate of drug-likeness (QED) is 0.524. The van der Waals surface area contributed by atoms with E-state index in [1.54, 1.807) is 11.8 Å². The molecule has 1 aromatic heterocycles. The van der Waals surface area contributed by atoms with Crippen molar-refractivity contribution in [2.75, 3.05) is 50.5 Å². The maximum atomic E-state index is 12.4. The maximum Gasteiger partial charge on any atom is 0.222 e. The molecule has 7 nitrogen and oxygen atoms in total. The number of fused-ring (bicyclic) bond motifs is 1. The Morgan fingerprint density at radius 3 is 2.88 bits per heavy atom. The molecule has 9 heteroatoms. The molecule has 0 spiro atoms. The Morgan fingerprint density at radius 2 is 2.06 bits per heavy atom. The Bertz CT molecular complexity index is 1010. The van der Waals surface area contributed by atoms with Crippen molar-refractivity contribution in [2.45, 2.75) is 44.2 Å². The van der Waals surface area contributed by atoms with Crippen molar-refractivity contribution in [2.24, 2.45) is 4.99 Å². The number of hydrogen-bond donors (Lipinski definition) is 3. The van der Waals surface area contributed by atoms with Crippen LogP contribution in [-0.2, 0) is 9.53 Å². The van der Waals surface area contributed by atoms with E-state index in [0.717, 1.165) is 71.0 Å². The van der Waals surface area contributed by atoms with E-state index in [-0.39, 0.29) is 11.9 Å². The van der Waals surface area contributed by atoms with Crippen LogP contribution < -0.4 is 10.6 Å². The predicted octanol–water partition coefficient (Wildman–Crippen LogP) is 3.88. The minimum Gasteiger partial charge on any atom is -0.381 e. The summed E-state index contributed by atoms with van der Waals surface area (Å²) in [6, 6.07) is 6.66. The van der Waals surface area contributed by atoms with Gasteiger partial charge in [0.1, 0.15) is 5.04 Å². The van der Waals surface area contributed by atoms with E-state index < -0.39 is 0 Å². The monoisotopic (exact) mass is 489 g/mol. The van der Waals surface area contributed by atoms with Crippen molar-refractivity contribution in [3.63, 3.8) is 0 Å². The first-order valence-corrected chi connectivity index (χ1v) is 13.4. The number of amides is 1. The number of anilines is 1. The molecule has 0 bridgehead atoms. The largest absolute Gasteiger partial charge is 0.381 e. The van der Waals surface area contributed by atoms with Crippen molar-refractivity contribution >= 4 is 50.9 Å². The Hall–Kier alpha value is -1.74. The molecule has 2 fully saturated rings. The summed E-state index contributed by atoms with van der Waals surface area (Å²) in [6.07, 6.45) is 5.42. The molecule has 3 N–H and O–H groups in total. The Kier molecular flexibility index (Phi) is 7.45. The van der Waals surface area contributed by atoms with Gasteiger partial charge in [0.2, 0.25) is 5.91 Å². The van der Waals surface area contributed by atoms with E-state index in [1.165, 1.54) is 25.7 Å². The minimum atomic E-state index is 0.0134. The van der Waals surface area contributed by atoms with E-state index in [2.05, 4.69) is 26.6 Å². The molecule has 2 aromatic rings. The van der Waals surface area contributed by atoms with Crippen molar-refractivity contribution in [3.8, 4) is 0 Å². The standard InChI is InChI=1S/C24H32ClN5O2S/c25-17-11-16-12-21(29-23(16)20(13-17)27-18-3-1-2-4-18)24-28-19(15-33-24)14-22(31)26-5-6-30-7-9-32-10-8-30/h11-13,18-19,27,29H,1-10,14-15H2,(H,26,31)/t19-/m1/s1. The number of hydrogen-bond acceptors (Lipinski definition) is 6. The summed E-state index contributed by atoms with van der Waals surface area (Å²) in [5, 5.41) is 9.53. The van der Waals surface area contributed by atoms with Crippen LogP contribution in [0.2, 0.25) is 5.02 Å². The highest BCUT2D eigenvalue weighted by molar-refractivity contribution is 8.14. The first kappa shape index (κ1) is 23.0. The number of nitrogens with one attached hydrogen (secondary N) is 3. The molecule has 178 valence electrons. The van der Waals surface area contributed by atoms with Gasteiger partial charge in [0, 0.05) is 54.8 Å². The van der Waals surface area contributed by atoms with Gasteiger partial charge in [-0.2, -0.15) is 0 Å². The van der Waals surface area contributed by atoms with E-state index >= 15 is 0 Å². The van der Waals surface area contributed by atoms with Gasteiger partial charge in [-0.05, 0) is 31.0 Å². The molecular weight excluding hydrogens is 458 g/mol. The van der Waals surface area contributed by atoms with Gasteiger partial charge >= 0.3 is 0 Å². The van der Waals surface area contributed by atoms with E-state index in [1.807, 2.05) is 12.1 Å². The molecule has 1 aromatic carbocycles. The highest BCUT2D eigenvalue weighted by atomic mass is 35.5. The fourth-order valence-corrected chi connectivity index (χ4v) is 6.12. The molecule has 1 amide bonds. The first-order valence-electron chi connectivity index (χ1n) is 12.0. The van der Waals surface area contributed by atoms with Crippen LogP contribution in [0.1, 0.15) is 37.8 Å². The summed E-state index contributed by atoms with van der Waals surface area (Å²) in [6.45, 7) is 4.99. The van der Waals surface area contributed by atoms with Crippen molar-refractivity contribution < 1.29 is 9.53 Å². The average Bonchev–Trinajstić information content (AvgIpc) is 3.55. The summed E-state index contributed by atoms with van der Waals surface area (Å²) >= 11 is 8.12. The number of H-pyrrole nitrogens is 1. The summed E-state index contributed by atoms with van der Waals surface area (Å²) in [5.74, 6) is 0.903. The first-order chi connectivity index (χ1) is 16.1. The lowest BCUT2D eigenvalue weighted by Crippen LogP contribution is -2.41. The summed E-state index contributed by atoms with van der Waals surface area (Å²) < 4.78 is 5.36. The SMILES string of the molecule is O=C(C[C@@H]1CSC(c2cc3cc(Cl)cc(NC4CCCC4)c3[nH]2)=N1)NCCN1CCOCC1. The zero-order valence-corrected chi connectivity index (χ0v) is 20.4. The summed E-state index contributed by atoms with van der Waals surface area (Å²) in [7, 11) is 0. The van der Waals surface area contributed by atoms with Gasteiger partial charge < -0.3 is 20.4 Å². The van der Waals surface area contributed by atoms with Gasteiger partial charge in [0.05, 0.1) is 36.2 Å².